The summed E-state index contributed by atoms with van der Waals surface area (Å²) in [6.45, 7) is 2.73. The van der Waals surface area contributed by atoms with Crippen molar-refractivity contribution in [1.29, 1.82) is 0 Å². The van der Waals surface area contributed by atoms with Gasteiger partial charge in [-0.3, -0.25) is 0 Å². The number of benzene rings is 1. The molecule has 0 bridgehead atoms. The van der Waals surface area contributed by atoms with Crippen LogP contribution in [0.3, 0.4) is 0 Å². The van der Waals surface area contributed by atoms with Crippen LogP contribution in [0.5, 0.6) is 5.75 Å². The van der Waals surface area contributed by atoms with Crippen molar-refractivity contribution in [2.45, 2.75) is 13.3 Å². The highest BCUT2D eigenvalue weighted by atomic mass is 79.9. The van der Waals surface area contributed by atoms with Gasteiger partial charge in [-0.25, -0.2) is 0 Å². The van der Waals surface area contributed by atoms with E-state index in [0.717, 1.165) is 22.2 Å². The number of aromatic amines is 1. The molecule has 1 aromatic heterocycles. The lowest BCUT2D eigenvalue weighted by atomic mass is 10.1. The normalized spacial score (nSPS) is 11.0. The van der Waals surface area contributed by atoms with E-state index in [1.807, 2.05) is 6.07 Å². The van der Waals surface area contributed by atoms with Crippen LogP contribution in [-0.4, -0.2) is 18.6 Å². The summed E-state index contributed by atoms with van der Waals surface area (Å²) in [5, 5.41) is 1.19. The summed E-state index contributed by atoms with van der Waals surface area (Å²) in [5.74, 6) is 0.858. The Labute approximate surface area is 103 Å². The number of ether oxygens (including phenoxy) is 1. The molecular weight excluding hydrogens is 268 g/mol. The van der Waals surface area contributed by atoms with Crippen molar-refractivity contribution in [3.8, 4) is 5.75 Å². The first-order chi connectivity index (χ1) is 7.67. The number of fused-ring (bicyclic) bond motifs is 1. The monoisotopic (exact) mass is 282 g/mol. The number of hydrogen-bond donors (Lipinski definition) is 2. The lowest BCUT2D eigenvalue weighted by molar-refractivity contribution is 0.415. The molecule has 0 radical (unpaired) electrons. The first-order valence-corrected chi connectivity index (χ1v) is 6.01. The van der Waals surface area contributed by atoms with Crippen molar-refractivity contribution in [3.63, 3.8) is 0 Å². The lowest BCUT2D eigenvalue weighted by Crippen LogP contribution is -2.03. The summed E-state index contributed by atoms with van der Waals surface area (Å²) >= 11 is 3.54. The Balaban J connectivity index is 2.70. The SMILES string of the molecule is COc1cc(Br)c2[nH]c(C)c(CCN)c2c1. The molecule has 1 aromatic carbocycles. The van der Waals surface area contributed by atoms with Crippen molar-refractivity contribution >= 4 is 26.8 Å². The van der Waals surface area contributed by atoms with E-state index < -0.39 is 0 Å². The molecule has 0 aliphatic rings. The van der Waals surface area contributed by atoms with Gasteiger partial charge in [-0.1, -0.05) is 0 Å². The van der Waals surface area contributed by atoms with Crippen molar-refractivity contribution < 1.29 is 4.74 Å². The second-order valence-electron chi connectivity index (χ2n) is 3.80. The van der Waals surface area contributed by atoms with Crippen LogP contribution in [0.4, 0.5) is 0 Å². The van der Waals surface area contributed by atoms with Gasteiger partial charge in [-0.2, -0.15) is 0 Å². The Kier molecular flexibility index (Phi) is 3.21. The largest absolute Gasteiger partial charge is 0.497 e. The Bertz CT molecular complexity index is 519. The molecule has 4 heteroatoms. The molecular formula is C12H15BrN2O. The van der Waals surface area contributed by atoms with E-state index in [1.165, 1.54) is 16.6 Å². The number of halogens is 1. The van der Waals surface area contributed by atoms with Gasteiger partial charge in [0.25, 0.3) is 0 Å². The van der Waals surface area contributed by atoms with Crippen LogP contribution < -0.4 is 10.5 Å². The molecule has 0 saturated carbocycles. The van der Waals surface area contributed by atoms with Crippen molar-refractivity contribution in [2.24, 2.45) is 5.73 Å². The Morgan fingerprint density at radius 3 is 2.81 bits per heavy atom. The minimum atomic E-state index is 0.655. The molecule has 86 valence electrons. The van der Waals surface area contributed by atoms with Gasteiger partial charge in [0.1, 0.15) is 5.75 Å². The maximum atomic E-state index is 5.63. The number of nitrogens with one attached hydrogen (secondary N) is 1. The van der Waals surface area contributed by atoms with Crippen LogP contribution in [0.15, 0.2) is 16.6 Å². The van der Waals surface area contributed by atoms with Gasteiger partial charge < -0.3 is 15.5 Å². The van der Waals surface area contributed by atoms with Crippen LogP contribution >= 0.6 is 15.9 Å². The molecule has 0 aliphatic heterocycles. The zero-order valence-electron chi connectivity index (χ0n) is 9.43. The number of H-pyrrole nitrogens is 1. The second-order valence-corrected chi connectivity index (χ2v) is 4.65. The number of nitrogens with two attached hydrogens (primary N) is 1. The van der Waals surface area contributed by atoms with Crippen LogP contribution in [0.1, 0.15) is 11.3 Å². The highest BCUT2D eigenvalue weighted by Gasteiger charge is 2.11. The predicted molar refractivity (Wildman–Crippen MR) is 70.0 cm³/mol. The summed E-state index contributed by atoms with van der Waals surface area (Å²) in [4.78, 5) is 3.37. The molecule has 0 unspecified atom stereocenters. The third-order valence-electron chi connectivity index (χ3n) is 2.78. The van der Waals surface area contributed by atoms with E-state index >= 15 is 0 Å². The molecule has 16 heavy (non-hydrogen) atoms. The van der Waals surface area contributed by atoms with Gasteiger partial charge in [0, 0.05) is 15.6 Å². The topological polar surface area (TPSA) is 51.0 Å². The van der Waals surface area contributed by atoms with Crippen LogP contribution in [0.2, 0.25) is 0 Å². The van der Waals surface area contributed by atoms with E-state index in [4.69, 9.17) is 10.5 Å². The number of aryl methyl sites for hydroxylation is 1. The third kappa shape index (κ3) is 1.83. The number of rotatable bonds is 3. The summed E-state index contributed by atoms with van der Waals surface area (Å²) in [7, 11) is 1.68. The maximum Gasteiger partial charge on any atom is 0.120 e. The minimum Gasteiger partial charge on any atom is -0.497 e. The van der Waals surface area contributed by atoms with E-state index in [0.29, 0.717) is 6.54 Å². The zero-order valence-corrected chi connectivity index (χ0v) is 11.0. The van der Waals surface area contributed by atoms with Gasteiger partial charge >= 0.3 is 0 Å². The lowest BCUT2D eigenvalue weighted by Gasteiger charge is -2.03. The zero-order chi connectivity index (χ0) is 11.7. The maximum absolute atomic E-state index is 5.63. The van der Waals surface area contributed by atoms with Crippen molar-refractivity contribution in [1.82, 2.24) is 4.98 Å². The van der Waals surface area contributed by atoms with Crippen LogP contribution in [0.25, 0.3) is 10.9 Å². The first-order valence-electron chi connectivity index (χ1n) is 5.22. The van der Waals surface area contributed by atoms with Gasteiger partial charge in [0.15, 0.2) is 0 Å². The standard InChI is InChI=1S/C12H15BrN2O/c1-7-9(3-4-14)10-5-8(16-2)6-11(13)12(10)15-7/h5-6,15H,3-4,14H2,1-2H3. The van der Waals surface area contributed by atoms with Gasteiger partial charge in [0.2, 0.25) is 0 Å². The fourth-order valence-electron chi connectivity index (χ4n) is 2.00. The van der Waals surface area contributed by atoms with E-state index in [1.54, 1.807) is 7.11 Å². The molecule has 2 rings (SSSR count). The molecule has 0 aliphatic carbocycles. The number of hydrogen-bond acceptors (Lipinski definition) is 2. The Morgan fingerprint density at radius 1 is 1.44 bits per heavy atom. The predicted octanol–water partition coefficient (Wildman–Crippen LogP) is 2.75. The molecule has 0 fully saturated rings. The van der Waals surface area contributed by atoms with Crippen LogP contribution in [0, 0.1) is 6.92 Å². The average Bonchev–Trinajstić information content (AvgIpc) is 2.58. The summed E-state index contributed by atoms with van der Waals surface area (Å²) in [5.41, 5.74) is 9.19. The smallest absolute Gasteiger partial charge is 0.120 e. The van der Waals surface area contributed by atoms with Crippen molar-refractivity contribution in [2.75, 3.05) is 13.7 Å². The van der Waals surface area contributed by atoms with Crippen molar-refractivity contribution in [3.05, 3.63) is 27.9 Å². The molecule has 0 amide bonds. The Hall–Kier alpha value is -1.00. The molecule has 3 N–H and O–H groups in total. The van der Waals surface area contributed by atoms with Crippen LogP contribution in [-0.2, 0) is 6.42 Å². The highest BCUT2D eigenvalue weighted by molar-refractivity contribution is 9.10. The van der Waals surface area contributed by atoms with Gasteiger partial charge in [-0.15, -0.1) is 0 Å². The number of aromatic nitrogens is 1. The summed E-state index contributed by atoms with van der Waals surface area (Å²) in [6.07, 6.45) is 0.880. The van der Waals surface area contributed by atoms with E-state index in [-0.39, 0.29) is 0 Å². The number of methoxy groups -OCH3 is 1. The molecule has 2 aromatic rings. The average molecular weight is 283 g/mol. The quantitative estimate of drug-likeness (QED) is 0.910. The second kappa shape index (κ2) is 4.47. The molecule has 0 saturated heterocycles. The van der Waals surface area contributed by atoms with E-state index in [2.05, 4.69) is 33.9 Å². The minimum absolute atomic E-state index is 0.655. The summed E-state index contributed by atoms with van der Waals surface area (Å²) in [6, 6.07) is 4.01. The Morgan fingerprint density at radius 2 is 2.19 bits per heavy atom. The fraction of sp³-hybridized carbons (Fsp3) is 0.333. The van der Waals surface area contributed by atoms with Gasteiger partial charge in [-0.05, 0) is 53.5 Å². The fourth-order valence-corrected chi connectivity index (χ4v) is 2.53. The first kappa shape index (κ1) is 11.5. The third-order valence-corrected chi connectivity index (χ3v) is 3.41. The summed E-state index contributed by atoms with van der Waals surface area (Å²) < 4.78 is 6.29. The molecule has 3 nitrogen and oxygen atoms in total. The molecule has 1 heterocycles. The van der Waals surface area contributed by atoms with Gasteiger partial charge in [0.05, 0.1) is 12.6 Å². The highest BCUT2D eigenvalue weighted by Crippen LogP contribution is 2.32. The molecule has 0 spiro atoms. The van der Waals surface area contributed by atoms with E-state index in [9.17, 15) is 0 Å². The molecule has 0 atom stereocenters.